The highest BCUT2D eigenvalue weighted by atomic mass is 79.9. The van der Waals surface area contributed by atoms with Gasteiger partial charge >= 0.3 is 0 Å². The largest absolute Gasteiger partial charge is 0.507 e. The van der Waals surface area contributed by atoms with E-state index >= 15 is 0 Å². The number of nitrogens with one attached hydrogen (secondary N) is 1. The summed E-state index contributed by atoms with van der Waals surface area (Å²) in [7, 11) is 0. The van der Waals surface area contributed by atoms with Crippen molar-refractivity contribution in [2.45, 2.75) is 5.16 Å². The normalized spacial score (nSPS) is 10.8. The van der Waals surface area contributed by atoms with Crippen LogP contribution in [0.5, 0.6) is 5.75 Å². The Hall–Kier alpha value is -2.39. The minimum Gasteiger partial charge on any atom is -0.507 e. The molecular formula is C14H8BrN3O4S. The summed E-state index contributed by atoms with van der Waals surface area (Å²) in [5, 5.41) is 20.4. The smallest absolute Gasteiger partial charge is 0.271 e. The molecule has 0 atom stereocenters. The molecule has 0 radical (unpaired) electrons. The summed E-state index contributed by atoms with van der Waals surface area (Å²) in [6.07, 6.45) is 0. The molecular weight excluding hydrogens is 386 g/mol. The number of benzene rings is 2. The van der Waals surface area contributed by atoms with Crippen LogP contribution in [0.2, 0.25) is 0 Å². The molecule has 116 valence electrons. The molecule has 0 aliphatic heterocycles. The van der Waals surface area contributed by atoms with Gasteiger partial charge < -0.3 is 10.1 Å². The third-order valence-corrected chi connectivity index (χ3v) is 4.31. The molecule has 2 aromatic carbocycles. The van der Waals surface area contributed by atoms with E-state index < -0.39 is 10.0 Å². The van der Waals surface area contributed by atoms with Crippen molar-refractivity contribution in [3.05, 3.63) is 56.5 Å². The van der Waals surface area contributed by atoms with Gasteiger partial charge in [-0.15, -0.1) is 0 Å². The summed E-state index contributed by atoms with van der Waals surface area (Å²) in [4.78, 5) is 29.6. The second-order valence-corrected chi connectivity index (χ2v) is 6.43. The molecule has 9 heteroatoms. The number of phenols is 1. The Morgan fingerprint density at radius 2 is 2.09 bits per heavy atom. The van der Waals surface area contributed by atoms with Gasteiger partial charge in [0.2, 0.25) is 5.12 Å². The van der Waals surface area contributed by atoms with Gasteiger partial charge in [-0.1, -0.05) is 15.9 Å². The maximum Gasteiger partial charge on any atom is 0.271 e. The molecule has 0 amide bonds. The fourth-order valence-corrected chi connectivity index (χ4v) is 3.07. The van der Waals surface area contributed by atoms with Crippen LogP contribution < -0.4 is 0 Å². The number of hydrogen-bond donors (Lipinski definition) is 2. The van der Waals surface area contributed by atoms with Gasteiger partial charge in [-0.3, -0.25) is 14.9 Å². The first-order valence-electron chi connectivity index (χ1n) is 6.29. The van der Waals surface area contributed by atoms with Gasteiger partial charge in [-0.2, -0.15) is 0 Å². The molecule has 0 bridgehead atoms. The van der Waals surface area contributed by atoms with Crippen LogP contribution in [-0.4, -0.2) is 25.1 Å². The Bertz CT molecular complexity index is 941. The summed E-state index contributed by atoms with van der Waals surface area (Å²) in [6, 6.07) is 8.76. The topological polar surface area (TPSA) is 109 Å². The number of rotatable bonds is 3. The number of carbonyl (C=O) groups is 1. The van der Waals surface area contributed by atoms with Crippen molar-refractivity contribution in [1.29, 1.82) is 0 Å². The van der Waals surface area contributed by atoms with E-state index in [1.165, 1.54) is 30.3 Å². The number of nitrogens with zero attached hydrogens (tertiary/aromatic N) is 2. The van der Waals surface area contributed by atoms with Crippen molar-refractivity contribution in [2.24, 2.45) is 0 Å². The first-order valence-corrected chi connectivity index (χ1v) is 7.90. The number of nitro groups is 1. The molecule has 0 aliphatic rings. The van der Waals surface area contributed by atoms with Gasteiger partial charge in [0, 0.05) is 16.6 Å². The van der Waals surface area contributed by atoms with E-state index in [-0.39, 0.29) is 17.0 Å². The number of hydrogen-bond acceptors (Lipinski definition) is 6. The van der Waals surface area contributed by atoms with Gasteiger partial charge in [0.25, 0.3) is 5.69 Å². The van der Waals surface area contributed by atoms with Crippen molar-refractivity contribution in [1.82, 2.24) is 9.97 Å². The molecule has 0 saturated carbocycles. The number of nitro benzene ring substituents is 1. The number of phenolic OH excluding ortho intramolecular Hbond substituents is 1. The third kappa shape index (κ3) is 3.20. The number of H-pyrrole nitrogens is 1. The Morgan fingerprint density at radius 3 is 2.83 bits per heavy atom. The number of fused-ring (bicyclic) bond motifs is 1. The SMILES string of the molecule is O=C(Sc1nc2ccc([N+](=O)[O-])cc2[nH]1)c1cc(Br)ccc1O. The predicted molar refractivity (Wildman–Crippen MR) is 88.7 cm³/mol. The predicted octanol–water partition coefficient (Wildman–Crippen LogP) is 3.87. The lowest BCUT2D eigenvalue weighted by Crippen LogP contribution is -1.94. The standard InChI is InChI=1S/C14H8BrN3O4S/c15-7-1-4-12(19)9(5-7)13(20)23-14-16-10-3-2-8(18(21)22)6-11(10)17-14/h1-6,19H,(H,16,17). The van der Waals surface area contributed by atoms with Crippen molar-refractivity contribution < 1.29 is 14.8 Å². The number of aromatic nitrogens is 2. The van der Waals surface area contributed by atoms with Crippen LogP contribution in [0.4, 0.5) is 5.69 Å². The minimum absolute atomic E-state index is 0.0614. The molecule has 0 saturated heterocycles. The third-order valence-electron chi connectivity index (χ3n) is 3.02. The maximum atomic E-state index is 12.3. The lowest BCUT2D eigenvalue weighted by Gasteiger charge is -2.02. The molecule has 1 heterocycles. The summed E-state index contributed by atoms with van der Waals surface area (Å²) < 4.78 is 0.666. The van der Waals surface area contributed by atoms with E-state index in [4.69, 9.17) is 0 Å². The molecule has 3 aromatic rings. The van der Waals surface area contributed by atoms with E-state index in [1.807, 2.05) is 0 Å². The van der Waals surface area contributed by atoms with Gasteiger partial charge in [0.05, 0.1) is 21.5 Å². The highest BCUT2D eigenvalue weighted by molar-refractivity contribution is 9.10. The number of imidazole rings is 1. The summed E-state index contributed by atoms with van der Waals surface area (Å²) in [5.41, 5.74) is 1.07. The van der Waals surface area contributed by atoms with E-state index in [0.29, 0.717) is 20.7 Å². The lowest BCUT2D eigenvalue weighted by atomic mass is 10.2. The van der Waals surface area contributed by atoms with Crippen LogP contribution in [0.3, 0.4) is 0 Å². The van der Waals surface area contributed by atoms with Crippen LogP contribution in [-0.2, 0) is 0 Å². The fourth-order valence-electron chi connectivity index (χ4n) is 1.95. The minimum atomic E-state index is -0.502. The summed E-state index contributed by atoms with van der Waals surface area (Å²) in [5.74, 6) is -0.127. The second kappa shape index (κ2) is 6.01. The average Bonchev–Trinajstić information content (AvgIpc) is 2.90. The number of aromatic amines is 1. The number of thioether (sulfide) groups is 1. The van der Waals surface area contributed by atoms with E-state index in [2.05, 4.69) is 25.9 Å². The molecule has 7 nitrogen and oxygen atoms in total. The zero-order chi connectivity index (χ0) is 16.6. The molecule has 0 aliphatic carbocycles. The average molecular weight is 394 g/mol. The second-order valence-electron chi connectivity index (χ2n) is 4.55. The molecule has 1 aromatic heterocycles. The number of aromatic hydroxyl groups is 1. The number of halogens is 1. The fraction of sp³-hybridized carbons (Fsp3) is 0. The molecule has 3 rings (SSSR count). The molecule has 2 N–H and O–H groups in total. The number of carbonyl (C=O) groups excluding carboxylic acids is 1. The Morgan fingerprint density at radius 1 is 1.30 bits per heavy atom. The Labute approximate surface area is 142 Å². The van der Waals surface area contributed by atoms with Gasteiger partial charge in [0.1, 0.15) is 5.75 Å². The van der Waals surface area contributed by atoms with E-state index in [9.17, 15) is 20.0 Å². The highest BCUT2D eigenvalue weighted by Gasteiger charge is 2.16. The monoisotopic (exact) mass is 393 g/mol. The lowest BCUT2D eigenvalue weighted by molar-refractivity contribution is -0.384. The maximum absolute atomic E-state index is 12.3. The van der Waals surface area contributed by atoms with Crippen molar-refractivity contribution in [3.63, 3.8) is 0 Å². The van der Waals surface area contributed by atoms with Crippen molar-refractivity contribution >= 4 is 49.5 Å². The molecule has 0 spiro atoms. The van der Waals surface area contributed by atoms with Crippen LogP contribution in [0, 0.1) is 10.1 Å². The molecule has 0 unspecified atom stereocenters. The first kappa shape index (κ1) is 15.5. The van der Waals surface area contributed by atoms with Crippen LogP contribution in [0.15, 0.2) is 46.0 Å². The Kier molecular flexibility index (Phi) is 4.05. The van der Waals surface area contributed by atoms with E-state index in [1.54, 1.807) is 6.07 Å². The molecule has 0 fully saturated rings. The zero-order valence-corrected chi connectivity index (χ0v) is 13.7. The van der Waals surface area contributed by atoms with Gasteiger partial charge in [-0.25, -0.2) is 4.98 Å². The van der Waals surface area contributed by atoms with Crippen LogP contribution in [0.25, 0.3) is 11.0 Å². The van der Waals surface area contributed by atoms with Crippen molar-refractivity contribution in [2.75, 3.05) is 0 Å². The highest BCUT2D eigenvalue weighted by Crippen LogP contribution is 2.30. The van der Waals surface area contributed by atoms with Gasteiger partial charge in [0.15, 0.2) is 5.16 Å². The summed E-state index contributed by atoms with van der Waals surface area (Å²) in [6.45, 7) is 0. The van der Waals surface area contributed by atoms with Gasteiger partial charge in [-0.05, 0) is 36.0 Å². The quantitative estimate of drug-likeness (QED) is 0.397. The first-order chi connectivity index (χ1) is 10.9. The number of non-ortho nitro benzene ring substituents is 1. The molecule has 23 heavy (non-hydrogen) atoms. The Balaban J connectivity index is 1.90. The van der Waals surface area contributed by atoms with Crippen LogP contribution >= 0.6 is 27.7 Å². The van der Waals surface area contributed by atoms with Crippen LogP contribution in [0.1, 0.15) is 10.4 Å². The zero-order valence-electron chi connectivity index (χ0n) is 11.3. The van der Waals surface area contributed by atoms with E-state index in [0.717, 1.165) is 11.8 Å². The summed E-state index contributed by atoms with van der Waals surface area (Å²) >= 11 is 4.04. The van der Waals surface area contributed by atoms with Crippen molar-refractivity contribution in [3.8, 4) is 5.75 Å².